The Hall–Kier alpha value is -0.530. The number of hydrogen-bond donors (Lipinski definition) is 0. The van der Waals surface area contributed by atoms with Gasteiger partial charge in [-0.05, 0) is 31.1 Å². The first-order valence-corrected chi connectivity index (χ1v) is 6.29. The fourth-order valence-electron chi connectivity index (χ4n) is 2.23. The van der Waals surface area contributed by atoms with Crippen LogP contribution in [0.1, 0.15) is 53.4 Å². The lowest BCUT2D eigenvalue weighted by molar-refractivity contribution is -0.137. The summed E-state index contributed by atoms with van der Waals surface area (Å²) >= 11 is 0. The van der Waals surface area contributed by atoms with E-state index in [1.54, 1.807) is 0 Å². The average molecular weight is 211 g/mol. The Bertz CT molecular complexity index is 209. The number of likely N-dealkylation sites (tertiary alicyclic amines) is 1. The third-order valence-corrected chi connectivity index (χ3v) is 3.76. The van der Waals surface area contributed by atoms with E-state index in [2.05, 4.69) is 32.6 Å². The molecule has 0 aromatic heterocycles. The Morgan fingerprint density at radius 2 is 1.67 bits per heavy atom. The van der Waals surface area contributed by atoms with Crippen molar-refractivity contribution in [2.24, 2.45) is 11.3 Å². The number of carbonyl (C=O) groups is 1. The van der Waals surface area contributed by atoms with Crippen LogP contribution in [-0.2, 0) is 4.79 Å². The maximum atomic E-state index is 12.1. The molecule has 0 radical (unpaired) electrons. The lowest BCUT2D eigenvalue weighted by atomic mass is 9.82. The smallest absolute Gasteiger partial charge is 0.225 e. The molecule has 0 spiro atoms. The van der Waals surface area contributed by atoms with Crippen LogP contribution in [0.5, 0.6) is 0 Å². The molecule has 15 heavy (non-hydrogen) atoms. The van der Waals surface area contributed by atoms with Crippen LogP contribution in [0, 0.1) is 11.3 Å². The number of amides is 1. The van der Waals surface area contributed by atoms with E-state index in [0.29, 0.717) is 11.3 Å². The Morgan fingerprint density at radius 1 is 1.20 bits per heavy atom. The SMILES string of the molecule is CCC(CC)C(=O)N1CCC(C)(C)CC1. The Labute approximate surface area is 94.0 Å². The van der Waals surface area contributed by atoms with Gasteiger partial charge in [0.25, 0.3) is 0 Å². The van der Waals surface area contributed by atoms with Crippen LogP contribution < -0.4 is 0 Å². The second-order valence-electron chi connectivity index (χ2n) is 5.50. The molecule has 0 bridgehead atoms. The second kappa shape index (κ2) is 5.00. The second-order valence-corrected chi connectivity index (χ2v) is 5.50. The van der Waals surface area contributed by atoms with E-state index < -0.39 is 0 Å². The largest absolute Gasteiger partial charge is 0.342 e. The van der Waals surface area contributed by atoms with E-state index in [4.69, 9.17) is 0 Å². The van der Waals surface area contributed by atoms with Gasteiger partial charge in [-0.1, -0.05) is 27.7 Å². The predicted molar refractivity (Wildman–Crippen MR) is 63.7 cm³/mol. The lowest BCUT2D eigenvalue weighted by Gasteiger charge is -2.38. The van der Waals surface area contributed by atoms with Gasteiger partial charge in [0.1, 0.15) is 0 Å². The number of nitrogens with zero attached hydrogens (tertiary/aromatic N) is 1. The van der Waals surface area contributed by atoms with E-state index in [0.717, 1.165) is 38.8 Å². The summed E-state index contributed by atoms with van der Waals surface area (Å²) < 4.78 is 0. The van der Waals surface area contributed by atoms with Gasteiger partial charge in [0.05, 0.1) is 0 Å². The highest BCUT2D eigenvalue weighted by molar-refractivity contribution is 5.78. The Balaban J connectivity index is 2.49. The topological polar surface area (TPSA) is 20.3 Å². The maximum absolute atomic E-state index is 12.1. The molecule has 1 saturated heterocycles. The molecule has 1 rings (SSSR count). The van der Waals surface area contributed by atoms with E-state index >= 15 is 0 Å². The van der Waals surface area contributed by atoms with Gasteiger partial charge >= 0.3 is 0 Å². The molecule has 1 aliphatic heterocycles. The molecule has 0 atom stereocenters. The minimum absolute atomic E-state index is 0.256. The summed E-state index contributed by atoms with van der Waals surface area (Å²) in [5.41, 5.74) is 0.435. The molecule has 2 nitrogen and oxygen atoms in total. The van der Waals surface area contributed by atoms with Crippen LogP contribution in [0.2, 0.25) is 0 Å². The van der Waals surface area contributed by atoms with Gasteiger partial charge in [0.15, 0.2) is 0 Å². The van der Waals surface area contributed by atoms with Crippen molar-refractivity contribution in [2.45, 2.75) is 53.4 Å². The zero-order chi connectivity index (χ0) is 11.5. The first-order chi connectivity index (χ1) is 7.00. The molecule has 1 fully saturated rings. The molecule has 0 aliphatic carbocycles. The van der Waals surface area contributed by atoms with Crippen molar-refractivity contribution in [3.05, 3.63) is 0 Å². The highest BCUT2D eigenvalue weighted by atomic mass is 16.2. The van der Waals surface area contributed by atoms with Gasteiger partial charge in [0.2, 0.25) is 5.91 Å². The van der Waals surface area contributed by atoms with Crippen LogP contribution in [0.25, 0.3) is 0 Å². The molecule has 88 valence electrons. The molecule has 0 aromatic carbocycles. The van der Waals surface area contributed by atoms with Gasteiger partial charge in [-0.2, -0.15) is 0 Å². The minimum atomic E-state index is 0.256. The fourth-order valence-corrected chi connectivity index (χ4v) is 2.23. The Kier molecular flexibility index (Phi) is 4.18. The third-order valence-electron chi connectivity index (χ3n) is 3.76. The number of piperidine rings is 1. The number of rotatable bonds is 3. The van der Waals surface area contributed by atoms with Crippen LogP contribution in [0.4, 0.5) is 0 Å². The summed E-state index contributed by atoms with van der Waals surface area (Å²) in [5, 5.41) is 0. The molecule has 1 aliphatic rings. The quantitative estimate of drug-likeness (QED) is 0.702. The summed E-state index contributed by atoms with van der Waals surface area (Å²) in [7, 11) is 0. The van der Waals surface area contributed by atoms with E-state index in [1.807, 2.05) is 0 Å². The van der Waals surface area contributed by atoms with Crippen molar-refractivity contribution in [1.29, 1.82) is 0 Å². The van der Waals surface area contributed by atoms with E-state index in [9.17, 15) is 4.79 Å². The molecule has 1 amide bonds. The lowest BCUT2D eigenvalue weighted by Crippen LogP contribution is -2.43. The minimum Gasteiger partial charge on any atom is -0.342 e. The normalized spacial score (nSPS) is 20.7. The van der Waals surface area contributed by atoms with Crippen LogP contribution in [0.15, 0.2) is 0 Å². The molecular formula is C13H25NO. The first kappa shape index (κ1) is 12.5. The standard InChI is InChI=1S/C13H25NO/c1-5-11(6-2)12(15)14-9-7-13(3,4)8-10-14/h11H,5-10H2,1-4H3. The molecule has 0 N–H and O–H groups in total. The van der Waals surface area contributed by atoms with Crippen LogP contribution in [-0.4, -0.2) is 23.9 Å². The van der Waals surface area contributed by atoms with Gasteiger partial charge < -0.3 is 4.90 Å². The average Bonchev–Trinajstić information content (AvgIpc) is 2.19. The predicted octanol–water partition coefficient (Wildman–Crippen LogP) is 3.07. The molecule has 1 heterocycles. The van der Waals surface area contributed by atoms with Gasteiger partial charge in [0, 0.05) is 19.0 Å². The maximum Gasteiger partial charge on any atom is 0.225 e. The third kappa shape index (κ3) is 3.22. The van der Waals surface area contributed by atoms with Gasteiger partial charge in [-0.15, -0.1) is 0 Å². The molecule has 0 unspecified atom stereocenters. The first-order valence-electron chi connectivity index (χ1n) is 6.29. The fraction of sp³-hybridized carbons (Fsp3) is 0.923. The zero-order valence-corrected chi connectivity index (χ0v) is 10.7. The Morgan fingerprint density at radius 3 is 2.07 bits per heavy atom. The summed E-state index contributed by atoms with van der Waals surface area (Å²) in [5.74, 6) is 0.640. The molecule has 0 aromatic rings. The zero-order valence-electron chi connectivity index (χ0n) is 10.7. The van der Waals surface area contributed by atoms with Gasteiger partial charge in [-0.25, -0.2) is 0 Å². The van der Waals surface area contributed by atoms with Gasteiger partial charge in [-0.3, -0.25) is 4.79 Å². The van der Waals surface area contributed by atoms with Crippen molar-refractivity contribution >= 4 is 5.91 Å². The van der Waals surface area contributed by atoms with E-state index in [1.165, 1.54) is 0 Å². The molecular weight excluding hydrogens is 186 g/mol. The number of hydrogen-bond acceptors (Lipinski definition) is 1. The number of carbonyl (C=O) groups excluding carboxylic acids is 1. The highest BCUT2D eigenvalue weighted by Gasteiger charge is 2.29. The summed E-state index contributed by atoms with van der Waals surface area (Å²) in [4.78, 5) is 14.2. The summed E-state index contributed by atoms with van der Waals surface area (Å²) in [6, 6.07) is 0. The van der Waals surface area contributed by atoms with Crippen molar-refractivity contribution in [3.63, 3.8) is 0 Å². The van der Waals surface area contributed by atoms with Crippen molar-refractivity contribution in [2.75, 3.05) is 13.1 Å². The van der Waals surface area contributed by atoms with Crippen molar-refractivity contribution < 1.29 is 4.79 Å². The van der Waals surface area contributed by atoms with Crippen molar-refractivity contribution in [1.82, 2.24) is 4.90 Å². The monoisotopic (exact) mass is 211 g/mol. The van der Waals surface area contributed by atoms with E-state index in [-0.39, 0.29) is 5.92 Å². The molecule has 2 heteroatoms. The summed E-state index contributed by atoms with van der Waals surface area (Å²) in [6.45, 7) is 10.7. The molecule has 0 saturated carbocycles. The summed E-state index contributed by atoms with van der Waals surface area (Å²) in [6.07, 6.45) is 4.27. The van der Waals surface area contributed by atoms with Crippen LogP contribution >= 0.6 is 0 Å². The van der Waals surface area contributed by atoms with Crippen LogP contribution in [0.3, 0.4) is 0 Å². The highest BCUT2D eigenvalue weighted by Crippen LogP contribution is 2.30. The van der Waals surface area contributed by atoms with Crippen molar-refractivity contribution in [3.8, 4) is 0 Å².